The van der Waals surface area contributed by atoms with E-state index in [-0.39, 0.29) is 18.1 Å². The molecule has 0 radical (unpaired) electrons. The van der Waals surface area contributed by atoms with Gasteiger partial charge in [-0.15, -0.1) is 0 Å². The van der Waals surface area contributed by atoms with Crippen LogP contribution in [0.1, 0.15) is 16.2 Å². The van der Waals surface area contributed by atoms with Gasteiger partial charge in [0, 0.05) is 19.3 Å². The summed E-state index contributed by atoms with van der Waals surface area (Å²) in [6.45, 7) is 1.64. The number of hydrogen-bond donors (Lipinski definition) is 2. The predicted octanol–water partition coefficient (Wildman–Crippen LogP) is 0.262. The zero-order valence-corrected chi connectivity index (χ0v) is 10.5. The number of carbonyl (C=O) groups excluding carboxylic acids is 1. The van der Waals surface area contributed by atoms with Gasteiger partial charge in [-0.05, 0) is 13.0 Å². The summed E-state index contributed by atoms with van der Waals surface area (Å²) in [6.07, 6.45) is 1.34. The second kappa shape index (κ2) is 4.92. The lowest BCUT2D eigenvalue weighted by Crippen LogP contribution is -2.23. The topological polar surface area (TPSA) is 102 Å². The fourth-order valence-electron chi connectivity index (χ4n) is 1.69. The molecule has 0 aliphatic carbocycles. The van der Waals surface area contributed by atoms with Crippen LogP contribution in [0.15, 0.2) is 18.3 Å². The monoisotopic (exact) mass is 263 g/mol. The van der Waals surface area contributed by atoms with Crippen molar-refractivity contribution in [2.75, 3.05) is 5.32 Å². The maximum atomic E-state index is 11.8. The van der Waals surface area contributed by atoms with Crippen LogP contribution in [0.3, 0.4) is 0 Å². The van der Waals surface area contributed by atoms with Gasteiger partial charge in [0.25, 0.3) is 0 Å². The van der Waals surface area contributed by atoms with E-state index in [1.54, 1.807) is 13.1 Å². The third kappa shape index (κ3) is 2.79. The van der Waals surface area contributed by atoms with Crippen molar-refractivity contribution >= 4 is 17.7 Å². The predicted molar refractivity (Wildman–Crippen MR) is 65.8 cm³/mol. The number of amides is 1. The summed E-state index contributed by atoms with van der Waals surface area (Å²) in [5, 5.41) is 19.4. The van der Waals surface area contributed by atoms with E-state index < -0.39 is 5.97 Å². The Morgan fingerprint density at radius 1 is 1.47 bits per heavy atom. The third-order valence-corrected chi connectivity index (χ3v) is 2.50. The molecule has 8 nitrogen and oxygen atoms in total. The summed E-state index contributed by atoms with van der Waals surface area (Å²) in [5.41, 5.74) is 0.749. The number of carboxylic acid groups (broad SMARTS) is 1. The molecule has 0 aliphatic heterocycles. The smallest absolute Gasteiger partial charge is 0.354 e. The van der Waals surface area contributed by atoms with Gasteiger partial charge in [0.05, 0.1) is 5.69 Å². The van der Waals surface area contributed by atoms with Crippen LogP contribution >= 0.6 is 0 Å². The number of aromatic nitrogens is 4. The number of aryl methyl sites for hydroxylation is 2. The van der Waals surface area contributed by atoms with Crippen LogP contribution in [0.4, 0.5) is 5.82 Å². The van der Waals surface area contributed by atoms with E-state index >= 15 is 0 Å². The van der Waals surface area contributed by atoms with Gasteiger partial charge < -0.3 is 10.4 Å². The Hall–Kier alpha value is -2.64. The number of rotatable bonds is 4. The van der Waals surface area contributed by atoms with Crippen LogP contribution in [0.5, 0.6) is 0 Å². The lowest BCUT2D eigenvalue weighted by atomic mass is 10.4. The van der Waals surface area contributed by atoms with Gasteiger partial charge in [-0.3, -0.25) is 9.48 Å². The molecule has 0 aliphatic rings. The molecule has 0 saturated carbocycles. The van der Waals surface area contributed by atoms with E-state index in [0.29, 0.717) is 5.82 Å². The number of anilines is 1. The Morgan fingerprint density at radius 2 is 2.21 bits per heavy atom. The molecule has 2 aromatic heterocycles. The van der Waals surface area contributed by atoms with Gasteiger partial charge in [0.15, 0.2) is 0 Å². The first-order valence-corrected chi connectivity index (χ1v) is 5.53. The number of nitrogens with one attached hydrogen (secondary N) is 1. The number of carbonyl (C=O) groups is 2. The quantitative estimate of drug-likeness (QED) is 0.823. The molecule has 0 aromatic carbocycles. The molecule has 0 saturated heterocycles. The normalized spacial score (nSPS) is 10.4. The minimum atomic E-state index is -1.12. The van der Waals surface area contributed by atoms with Crippen LogP contribution in [0.2, 0.25) is 0 Å². The number of nitrogens with zero attached hydrogens (tertiary/aromatic N) is 4. The van der Waals surface area contributed by atoms with E-state index in [9.17, 15) is 9.59 Å². The van der Waals surface area contributed by atoms with Crippen molar-refractivity contribution in [2.45, 2.75) is 13.5 Å². The molecule has 2 heterocycles. The van der Waals surface area contributed by atoms with Crippen molar-refractivity contribution in [3.05, 3.63) is 29.7 Å². The molecule has 2 aromatic rings. The Bertz CT molecular complexity index is 628. The first-order valence-electron chi connectivity index (χ1n) is 5.53. The standard InChI is InChI=1S/C11H13N5O3/c1-7-5-9(15(2)14-7)13-10(17)6-16-8(11(18)19)3-4-12-16/h3-5H,6H2,1-2H3,(H,13,17)(H,18,19). The van der Waals surface area contributed by atoms with E-state index in [1.165, 1.54) is 16.9 Å². The van der Waals surface area contributed by atoms with Crippen molar-refractivity contribution in [1.82, 2.24) is 19.6 Å². The molecule has 0 fully saturated rings. The van der Waals surface area contributed by atoms with Crippen molar-refractivity contribution < 1.29 is 14.7 Å². The SMILES string of the molecule is Cc1cc(NC(=O)Cn2nccc2C(=O)O)n(C)n1. The second-order valence-electron chi connectivity index (χ2n) is 4.02. The van der Waals surface area contributed by atoms with Gasteiger partial charge in [0.1, 0.15) is 18.1 Å². The zero-order valence-electron chi connectivity index (χ0n) is 10.5. The van der Waals surface area contributed by atoms with Crippen molar-refractivity contribution in [1.29, 1.82) is 0 Å². The first-order chi connectivity index (χ1) is 8.97. The lowest BCUT2D eigenvalue weighted by molar-refractivity contribution is -0.117. The highest BCUT2D eigenvalue weighted by molar-refractivity contribution is 5.91. The molecule has 1 amide bonds. The zero-order chi connectivity index (χ0) is 14.0. The third-order valence-electron chi connectivity index (χ3n) is 2.50. The summed E-state index contributed by atoms with van der Waals surface area (Å²) in [5.74, 6) is -0.942. The lowest BCUT2D eigenvalue weighted by Gasteiger charge is -2.06. The Kier molecular flexibility index (Phi) is 3.32. The summed E-state index contributed by atoms with van der Waals surface area (Å²) >= 11 is 0. The molecule has 0 unspecified atom stereocenters. The maximum absolute atomic E-state index is 11.8. The second-order valence-corrected chi connectivity index (χ2v) is 4.02. The summed E-state index contributed by atoms with van der Waals surface area (Å²) in [4.78, 5) is 22.7. The van der Waals surface area contributed by atoms with Crippen LogP contribution in [-0.2, 0) is 18.4 Å². The van der Waals surface area contributed by atoms with E-state index in [0.717, 1.165) is 10.4 Å². The number of carboxylic acids is 1. The molecule has 0 spiro atoms. The minimum Gasteiger partial charge on any atom is -0.477 e. The van der Waals surface area contributed by atoms with Gasteiger partial charge in [0.2, 0.25) is 5.91 Å². The Labute approximate surface area is 108 Å². The Morgan fingerprint density at radius 3 is 2.79 bits per heavy atom. The highest BCUT2D eigenvalue weighted by Gasteiger charge is 2.14. The molecular formula is C11H13N5O3. The fraction of sp³-hybridized carbons (Fsp3) is 0.273. The van der Waals surface area contributed by atoms with Gasteiger partial charge in [-0.1, -0.05) is 0 Å². The summed E-state index contributed by atoms with van der Waals surface area (Å²) in [6, 6.07) is 3.06. The van der Waals surface area contributed by atoms with Crippen LogP contribution in [0.25, 0.3) is 0 Å². The molecule has 0 bridgehead atoms. The van der Waals surface area contributed by atoms with Crippen molar-refractivity contribution in [3.63, 3.8) is 0 Å². The first kappa shape index (κ1) is 12.8. The van der Waals surface area contributed by atoms with E-state index in [1.807, 2.05) is 6.92 Å². The van der Waals surface area contributed by atoms with Crippen LogP contribution < -0.4 is 5.32 Å². The average molecular weight is 263 g/mol. The van der Waals surface area contributed by atoms with Gasteiger partial charge in [-0.2, -0.15) is 10.2 Å². The molecule has 100 valence electrons. The van der Waals surface area contributed by atoms with Gasteiger partial charge >= 0.3 is 5.97 Å². The van der Waals surface area contributed by atoms with Crippen molar-refractivity contribution in [2.24, 2.45) is 7.05 Å². The van der Waals surface area contributed by atoms with E-state index in [2.05, 4.69) is 15.5 Å². The van der Waals surface area contributed by atoms with Gasteiger partial charge in [-0.25, -0.2) is 9.48 Å². The molecule has 2 rings (SSSR count). The highest BCUT2D eigenvalue weighted by Crippen LogP contribution is 2.08. The maximum Gasteiger partial charge on any atom is 0.354 e. The van der Waals surface area contributed by atoms with Crippen LogP contribution in [0, 0.1) is 6.92 Å². The van der Waals surface area contributed by atoms with Crippen molar-refractivity contribution in [3.8, 4) is 0 Å². The number of aromatic carboxylic acids is 1. The fourth-order valence-corrected chi connectivity index (χ4v) is 1.69. The largest absolute Gasteiger partial charge is 0.477 e. The average Bonchev–Trinajstić information content (AvgIpc) is 2.86. The molecule has 19 heavy (non-hydrogen) atoms. The molecule has 8 heteroatoms. The molecule has 0 atom stereocenters. The minimum absolute atomic E-state index is 0.0312. The van der Waals surface area contributed by atoms with E-state index in [4.69, 9.17) is 5.11 Å². The summed E-state index contributed by atoms with van der Waals surface area (Å²) in [7, 11) is 1.71. The molecule has 2 N–H and O–H groups in total. The highest BCUT2D eigenvalue weighted by atomic mass is 16.4. The van der Waals surface area contributed by atoms with Crippen LogP contribution in [-0.4, -0.2) is 36.5 Å². The molecular weight excluding hydrogens is 250 g/mol. The Balaban J connectivity index is 2.07. The number of hydrogen-bond acceptors (Lipinski definition) is 4. The summed E-state index contributed by atoms with van der Waals surface area (Å²) < 4.78 is 2.66.